The molecule has 2 unspecified atom stereocenters. The molecular formula is C48H53N3O10. The molecule has 6 rings (SSSR count). The molecule has 5 aromatic rings. The zero-order chi connectivity index (χ0) is 42.5. The number of nitrogens with one attached hydrogen (secondary N) is 3. The number of esters is 1. The molecule has 1 saturated heterocycles. The molecule has 13 heteroatoms. The molecule has 1 aliphatic heterocycles. The Hall–Kier alpha value is -6.09. The number of rotatable bonds is 21. The summed E-state index contributed by atoms with van der Waals surface area (Å²) in [6.07, 6.45) is -4.89. The molecule has 13 nitrogen and oxygen atoms in total. The first-order chi connectivity index (χ1) is 29.9. The van der Waals surface area contributed by atoms with Crippen LogP contribution in [0.1, 0.15) is 34.2 Å². The molecule has 0 radical (unpaired) electrons. The van der Waals surface area contributed by atoms with Gasteiger partial charge in [0.1, 0.15) is 37.1 Å². The van der Waals surface area contributed by atoms with E-state index in [0.717, 1.165) is 27.8 Å². The lowest BCUT2D eigenvalue weighted by Gasteiger charge is -2.46. The Morgan fingerprint density at radius 1 is 0.574 bits per heavy atom. The average Bonchev–Trinajstić information content (AvgIpc) is 3.30. The molecule has 0 aromatic heterocycles. The molecule has 1 fully saturated rings. The number of alkyl carbamates (subject to hydrolysis) is 1. The van der Waals surface area contributed by atoms with Crippen LogP contribution < -0.4 is 16.0 Å². The summed E-state index contributed by atoms with van der Waals surface area (Å²) in [6, 6.07) is 46.5. The third-order valence-electron chi connectivity index (χ3n) is 9.87. The highest BCUT2D eigenvalue weighted by Gasteiger charge is 2.49. The highest BCUT2D eigenvalue weighted by Crippen LogP contribution is 2.30. The van der Waals surface area contributed by atoms with Crippen molar-refractivity contribution in [2.24, 2.45) is 0 Å². The van der Waals surface area contributed by atoms with Crippen molar-refractivity contribution >= 4 is 18.1 Å². The summed E-state index contributed by atoms with van der Waals surface area (Å²) in [5, 5.41) is 8.27. The lowest BCUT2D eigenvalue weighted by Crippen LogP contribution is -2.66. The maximum absolute atomic E-state index is 13.7. The van der Waals surface area contributed by atoms with E-state index in [0.29, 0.717) is 6.61 Å². The van der Waals surface area contributed by atoms with Crippen LogP contribution in [0.5, 0.6) is 0 Å². The van der Waals surface area contributed by atoms with E-state index in [1.807, 2.05) is 152 Å². The summed E-state index contributed by atoms with van der Waals surface area (Å²) in [5.74, 6) is -0.692. The van der Waals surface area contributed by atoms with Crippen molar-refractivity contribution in [1.29, 1.82) is 0 Å². The largest absolute Gasteiger partial charge is 0.467 e. The molecule has 0 aliphatic carbocycles. The SMILES string of the molecule is COC(=O)[C@H](CCNC(=O)N[C@@H]1OC(COCc2ccccc2)[C@@H](OCc2ccccc2)[C@H](OCc2ccccc2)C1OCc1ccccc1)NC(=O)OCc1ccccc1. The van der Waals surface area contributed by atoms with E-state index in [4.69, 9.17) is 33.2 Å². The number of ether oxygens (including phenoxy) is 7. The number of urea groups is 1. The van der Waals surface area contributed by atoms with Crippen molar-refractivity contribution in [2.75, 3.05) is 20.3 Å². The van der Waals surface area contributed by atoms with Crippen molar-refractivity contribution < 1.29 is 47.5 Å². The minimum Gasteiger partial charge on any atom is -0.467 e. The quantitative estimate of drug-likeness (QED) is 0.0671. The number of hydrogen-bond acceptors (Lipinski definition) is 10. The van der Waals surface area contributed by atoms with Gasteiger partial charge in [0.25, 0.3) is 0 Å². The first-order valence-corrected chi connectivity index (χ1v) is 20.3. The number of carbonyl (C=O) groups is 3. The molecule has 0 spiro atoms. The van der Waals surface area contributed by atoms with Crippen LogP contribution in [-0.2, 0) is 71.0 Å². The molecule has 0 saturated carbocycles. The molecule has 3 N–H and O–H groups in total. The van der Waals surface area contributed by atoms with Crippen molar-refractivity contribution in [3.8, 4) is 0 Å². The number of carbonyl (C=O) groups excluding carboxylic acids is 3. The van der Waals surface area contributed by atoms with E-state index in [9.17, 15) is 14.4 Å². The maximum Gasteiger partial charge on any atom is 0.408 e. The first-order valence-electron chi connectivity index (χ1n) is 20.3. The number of amides is 3. The average molecular weight is 832 g/mol. The summed E-state index contributed by atoms with van der Waals surface area (Å²) < 4.78 is 43.3. The second kappa shape index (κ2) is 24.2. The molecule has 320 valence electrons. The normalized spacial score (nSPS) is 18.9. The molecule has 6 atom stereocenters. The molecular weight excluding hydrogens is 779 g/mol. The van der Waals surface area contributed by atoms with Crippen LogP contribution in [0, 0.1) is 0 Å². The fraction of sp³-hybridized carbons (Fsp3) is 0.312. The van der Waals surface area contributed by atoms with Gasteiger partial charge in [-0.3, -0.25) is 0 Å². The topological polar surface area (TPSA) is 152 Å². The van der Waals surface area contributed by atoms with Crippen LogP contribution in [0.2, 0.25) is 0 Å². The van der Waals surface area contributed by atoms with Crippen molar-refractivity contribution in [1.82, 2.24) is 16.0 Å². The van der Waals surface area contributed by atoms with Crippen LogP contribution in [0.15, 0.2) is 152 Å². The van der Waals surface area contributed by atoms with Gasteiger partial charge < -0.3 is 49.1 Å². The van der Waals surface area contributed by atoms with E-state index in [2.05, 4.69) is 16.0 Å². The summed E-state index contributed by atoms with van der Waals surface area (Å²) in [7, 11) is 1.22. The molecule has 0 bridgehead atoms. The van der Waals surface area contributed by atoms with Gasteiger partial charge in [-0.25, -0.2) is 14.4 Å². The van der Waals surface area contributed by atoms with Crippen LogP contribution in [0.25, 0.3) is 0 Å². The predicted molar refractivity (Wildman–Crippen MR) is 227 cm³/mol. The first kappa shape index (κ1) is 44.5. The third kappa shape index (κ3) is 14.6. The van der Waals surface area contributed by atoms with Gasteiger partial charge in [0.15, 0.2) is 6.23 Å². The summed E-state index contributed by atoms with van der Waals surface area (Å²) >= 11 is 0. The molecule has 61 heavy (non-hydrogen) atoms. The van der Waals surface area contributed by atoms with E-state index >= 15 is 0 Å². The van der Waals surface area contributed by atoms with Crippen molar-refractivity contribution in [3.63, 3.8) is 0 Å². The van der Waals surface area contributed by atoms with Gasteiger partial charge in [-0.1, -0.05) is 152 Å². The zero-order valence-electron chi connectivity index (χ0n) is 34.1. The van der Waals surface area contributed by atoms with Gasteiger partial charge in [0.2, 0.25) is 0 Å². The summed E-state index contributed by atoms with van der Waals surface area (Å²) in [5.41, 5.74) is 4.58. The Labute approximate surface area is 356 Å². The second-order valence-electron chi connectivity index (χ2n) is 14.4. The Bertz CT molecular complexity index is 2030. The summed E-state index contributed by atoms with van der Waals surface area (Å²) in [4.78, 5) is 39.0. The highest BCUT2D eigenvalue weighted by molar-refractivity contribution is 5.81. The van der Waals surface area contributed by atoms with E-state index in [1.165, 1.54) is 7.11 Å². The molecule has 1 heterocycles. The lowest BCUT2D eigenvalue weighted by atomic mass is 9.97. The smallest absolute Gasteiger partial charge is 0.408 e. The van der Waals surface area contributed by atoms with E-state index in [1.54, 1.807) is 0 Å². The van der Waals surface area contributed by atoms with Gasteiger partial charge >= 0.3 is 18.1 Å². The van der Waals surface area contributed by atoms with Crippen molar-refractivity contribution in [3.05, 3.63) is 179 Å². The third-order valence-corrected chi connectivity index (χ3v) is 9.87. The van der Waals surface area contributed by atoms with Crippen LogP contribution in [0.4, 0.5) is 9.59 Å². The van der Waals surface area contributed by atoms with Crippen LogP contribution in [-0.4, -0.2) is 75.0 Å². The van der Waals surface area contributed by atoms with Crippen LogP contribution >= 0.6 is 0 Å². The summed E-state index contributed by atoms with van der Waals surface area (Å²) in [6.45, 7) is 1.10. The predicted octanol–water partition coefficient (Wildman–Crippen LogP) is 6.84. The van der Waals surface area contributed by atoms with E-state index in [-0.39, 0.29) is 46.0 Å². The molecule has 5 aromatic carbocycles. The Morgan fingerprint density at radius 2 is 1.02 bits per heavy atom. The van der Waals surface area contributed by atoms with Gasteiger partial charge in [-0.05, 0) is 34.2 Å². The fourth-order valence-corrected chi connectivity index (χ4v) is 6.71. The lowest BCUT2D eigenvalue weighted by molar-refractivity contribution is -0.275. The minimum absolute atomic E-state index is 0.00809. The number of methoxy groups -OCH3 is 1. The van der Waals surface area contributed by atoms with Gasteiger partial charge in [0, 0.05) is 6.54 Å². The molecule has 1 aliphatic rings. The highest BCUT2D eigenvalue weighted by atomic mass is 16.6. The standard InChI is InChI=1S/C48H53N3O10/c1-55-46(52)40(50-48(54)60-33-39-25-15-6-16-26-39)27-28-49-47(53)51-45-44(59-32-38-23-13-5-14-24-38)43(58-31-37-21-11-4-12-22-37)42(57-30-36-19-9-3-10-20-36)41(61-45)34-56-29-35-17-7-2-8-18-35/h2-26,40-45H,27-34H2,1H3,(H,50,54)(H2,49,51,53)/t40-,41?,42+,43-,44?,45+/m0/s1. The van der Waals surface area contributed by atoms with Gasteiger partial charge in [0.05, 0.1) is 40.1 Å². The monoisotopic (exact) mass is 831 g/mol. The Morgan fingerprint density at radius 3 is 1.51 bits per heavy atom. The fourth-order valence-electron chi connectivity index (χ4n) is 6.71. The number of benzene rings is 5. The van der Waals surface area contributed by atoms with Crippen molar-refractivity contribution in [2.45, 2.75) is 76.1 Å². The number of hydrogen-bond donors (Lipinski definition) is 3. The van der Waals surface area contributed by atoms with Gasteiger partial charge in [-0.15, -0.1) is 0 Å². The van der Waals surface area contributed by atoms with Crippen LogP contribution in [0.3, 0.4) is 0 Å². The maximum atomic E-state index is 13.7. The molecule has 3 amide bonds. The Balaban J connectivity index is 1.20. The minimum atomic E-state index is -1.09. The van der Waals surface area contributed by atoms with Gasteiger partial charge in [-0.2, -0.15) is 0 Å². The Kier molecular flexibility index (Phi) is 17.7. The second-order valence-corrected chi connectivity index (χ2v) is 14.4. The van der Waals surface area contributed by atoms with E-state index < -0.39 is 54.8 Å². The zero-order valence-corrected chi connectivity index (χ0v) is 34.1.